The first-order valence-electron chi connectivity index (χ1n) is 11.6. The third kappa shape index (κ3) is 4.43. The van der Waals surface area contributed by atoms with E-state index in [9.17, 15) is 0 Å². The highest BCUT2D eigenvalue weighted by atomic mass is 15.4. The van der Waals surface area contributed by atoms with Crippen molar-refractivity contribution in [1.29, 1.82) is 0 Å². The summed E-state index contributed by atoms with van der Waals surface area (Å²) in [4.78, 5) is 5.71. The second-order valence-corrected chi connectivity index (χ2v) is 9.73. The third-order valence-corrected chi connectivity index (χ3v) is 7.91. The highest BCUT2D eigenvalue weighted by Crippen LogP contribution is 2.54. The second kappa shape index (κ2) is 8.74. The highest BCUT2D eigenvalue weighted by Gasteiger charge is 2.47. The van der Waals surface area contributed by atoms with E-state index in [0.717, 1.165) is 6.17 Å². The zero-order valence-corrected chi connectivity index (χ0v) is 17.5. The van der Waals surface area contributed by atoms with Gasteiger partial charge in [0.2, 0.25) is 0 Å². The zero-order chi connectivity index (χ0) is 17.8. The lowest BCUT2D eigenvalue weighted by Crippen LogP contribution is -2.51. The molecule has 2 heteroatoms. The molecule has 0 aromatic heterocycles. The minimum absolute atomic E-state index is 0.681. The normalized spacial score (nSPS) is 30.1. The molecule has 1 unspecified atom stereocenters. The molecule has 0 aromatic carbocycles. The lowest BCUT2D eigenvalue weighted by atomic mass is 9.60. The number of rotatable bonds is 7. The van der Waals surface area contributed by atoms with E-state index in [4.69, 9.17) is 0 Å². The molecule has 2 aliphatic heterocycles. The molecule has 3 fully saturated rings. The second-order valence-electron chi connectivity index (χ2n) is 9.73. The quantitative estimate of drug-likeness (QED) is 0.551. The maximum Gasteiger partial charge on any atom is 0.0622 e. The Morgan fingerprint density at radius 1 is 0.800 bits per heavy atom. The van der Waals surface area contributed by atoms with Crippen LogP contribution < -0.4 is 0 Å². The largest absolute Gasteiger partial charge is 0.288 e. The Morgan fingerprint density at radius 2 is 1.52 bits per heavy atom. The standard InChI is InChI=1S/C23H44N2/c1-4-10-22(11-5-2)12-14-23(15-13-22)16-19-25(20-23)21-9-7-8-18-24(21)17-6-3/h21H,4-20H2,1-3H3. The van der Waals surface area contributed by atoms with E-state index in [0.29, 0.717) is 10.8 Å². The van der Waals surface area contributed by atoms with Gasteiger partial charge in [-0.25, -0.2) is 0 Å². The number of likely N-dealkylation sites (tertiary alicyclic amines) is 2. The summed E-state index contributed by atoms with van der Waals surface area (Å²) in [6.45, 7) is 12.6. The van der Waals surface area contributed by atoms with Crippen molar-refractivity contribution in [2.24, 2.45) is 10.8 Å². The molecule has 2 heterocycles. The molecule has 2 saturated heterocycles. The van der Waals surface area contributed by atoms with Crippen LogP contribution in [0.1, 0.15) is 104 Å². The van der Waals surface area contributed by atoms with Crippen LogP contribution in [-0.2, 0) is 0 Å². The van der Waals surface area contributed by atoms with E-state index in [2.05, 4.69) is 30.6 Å². The van der Waals surface area contributed by atoms with Crippen LogP contribution in [0.3, 0.4) is 0 Å². The zero-order valence-electron chi connectivity index (χ0n) is 17.5. The van der Waals surface area contributed by atoms with Crippen LogP contribution in [0.4, 0.5) is 0 Å². The van der Waals surface area contributed by atoms with Gasteiger partial charge in [0.1, 0.15) is 0 Å². The summed E-state index contributed by atoms with van der Waals surface area (Å²) in [5, 5.41) is 0. The van der Waals surface area contributed by atoms with Crippen molar-refractivity contribution in [2.75, 3.05) is 26.2 Å². The van der Waals surface area contributed by atoms with Crippen LogP contribution in [0.25, 0.3) is 0 Å². The van der Waals surface area contributed by atoms with Gasteiger partial charge in [-0.15, -0.1) is 0 Å². The summed E-state index contributed by atoms with van der Waals surface area (Å²) in [7, 11) is 0. The molecule has 1 aliphatic carbocycles. The molecule has 146 valence electrons. The van der Waals surface area contributed by atoms with Gasteiger partial charge in [0.05, 0.1) is 6.17 Å². The molecule has 2 nitrogen and oxygen atoms in total. The average Bonchev–Trinajstić information content (AvgIpc) is 3.03. The molecule has 0 aromatic rings. The summed E-state index contributed by atoms with van der Waals surface area (Å²) < 4.78 is 0. The van der Waals surface area contributed by atoms with Gasteiger partial charge in [0.25, 0.3) is 0 Å². The molecule has 0 bridgehead atoms. The Morgan fingerprint density at radius 3 is 2.16 bits per heavy atom. The van der Waals surface area contributed by atoms with Crippen LogP contribution in [0.2, 0.25) is 0 Å². The Kier molecular flexibility index (Phi) is 6.88. The Bertz CT molecular complexity index is 387. The Balaban J connectivity index is 1.59. The van der Waals surface area contributed by atoms with Gasteiger partial charge in [-0.2, -0.15) is 0 Å². The van der Waals surface area contributed by atoms with E-state index in [1.165, 1.54) is 110 Å². The Labute approximate surface area is 157 Å². The fraction of sp³-hybridized carbons (Fsp3) is 1.00. The van der Waals surface area contributed by atoms with Gasteiger partial charge in [-0.05, 0) is 94.5 Å². The van der Waals surface area contributed by atoms with Gasteiger partial charge in [-0.3, -0.25) is 9.80 Å². The van der Waals surface area contributed by atoms with Crippen molar-refractivity contribution < 1.29 is 0 Å². The molecular weight excluding hydrogens is 304 g/mol. The molecule has 25 heavy (non-hydrogen) atoms. The minimum Gasteiger partial charge on any atom is -0.288 e. The molecular formula is C23H44N2. The third-order valence-electron chi connectivity index (χ3n) is 7.91. The van der Waals surface area contributed by atoms with E-state index >= 15 is 0 Å². The summed E-state index contributed by atoms with van der Waals surface area (Å²) in [5.41, 5.74) is 1.39. The van der Waals surface area contributed by atoms with Gasteiger partial charge in [0, 0.05) is 13.1 Å². The van der Waals surface area contributed by atoms with Crippen LogP contribution in [-0.4, -0.2) is 42.1 Å². The monoisotopic (exact) mass is 348 g/mol. The van der Waals surface area contributed by atoms with Crippen molar-refractivity contribution in [3.8, 4) is 0 Å². The van der Waals surface area contributed by atoms with Crippen LogP contribution in [0.5, 0.6) is 0 Å². The molecule has 1 atom stereocenters. The summed E-state index contributed by atoms with van der Waals surface area (Å²) >= 11 is 0. The smallest absolute Gasteiger partial charge is 0.0622 e. The van der Waals surface area contributed by atoms with Crippen LogP contribution in [0, 0.1) is 10.8 Å². The molecule has 1 saturated carbocycles. The van der Waals surface area contributed by atoms with E-state index < -0.39 is 0 Å². The van der Waals surface area contributed by atoms with Gasteiger partial charge < -0.3 is 0 Å². The van der Waals surface area contributed by atoms with Crippen molar-refractivity contribution in [3.05, 3.63) is 0 Å². The SMILES string of the molecule is CCCN1CCCCC1N1CCC2(CCC(CCC)(CCC)CC2)C1. The maximum absolute atomic E-state index is 2.90. The predicted molar refractivity (Wildman–Crippen MR) is 109 cm³/mol. The molecule has 0 radical (unpaired) electrons. The highest BCUT2D eigenvalue weighted by molar-refractivity contribution is 4.99. The van der Waals surface area contributed by atoms with Crippen LogP contribution in [0.15, 0.2) is 0 Å². The first-order chi connectivity index (χ1) is 12.2. The van der Waals surface area contributed by atoms with Crippen molar-refractivity contribution in [2.45, 2.75) is 110 Å². The lowest BCUT2D eigenvalue weighted by molar-refractivity contribution is 0.00865. The van der Waals surface area contributed by atoms with E-state index in [-0.39, 0.29) is 0 Å². The fourth-order valence-corrected chi connectivity index (χ4v) is 6.56. The van der Waals surface area contributed by atoms with E-state index in [1.807, 2.05) is 0 Å². The maximum atomic E-state index is 2.90. The molecule has 0 amide bonds. The summed E-state index contributed by atoms with van der Waals surface area (Å²) in [6.07, 6.45) is 19.7. The molecule has 3 rings (SSSR count). The average molecular weight is 349 g/mol. The Hall–Kier alpha value is -0.0800. The van der Waals surface area contributed by atoms with Crippen molar-refractivity contribution >= 4 is 0 Å². The number of nitrogens with zero attached hydrogens (tertiary/aromatic N) is 2. The fourth-order valence-electron chi connectivity index (χ4n) is 6.56. The number of hydrogen-bond acceptors (Lipinski definition) is 2. The van der Waals surface area contributed by atoms with Crippen molar-refractivity contribution in [1.82, 2.24) is 9.80 Å². The topological polar surface area (TPSA) is 6.48 Å². The van der Waals surface area contributed by atoms with Crippen molar-refractivity contribution in [3.63, 3.8) is 0 Å². The lowest BCUT2D eigenvalue weighted by Gasteiger charge is -2.46. The molecule has 3 aliphatic rings. The number of hydrogen-bond donors (Lipinski definition) is 0. The molecule has 0 N–H and O–H groups in total. The van der Waals surface area contributed by atoms with Gasteiger partial charge >= 0.3 is 0 Å². The minimum atomic E-state index is 0.681. The summed E-state index contributed by atoms with van der Waals surface area (Å²) in [6, 6.07) is 0. The van der Waals surface area contributed by atoms with Crippen LogP contribution >= 0.6 is 0 Å². The first-order valence-corrected chi connectivity index (χ1v) is 11.6. The number of piperidine rings is 1. The van der Waals surface area contributed by atoms with Gasteiger partial charge in [-0.1, -0.05) is 33.6 Å². The first kappa shape index (κ1) is 19.7. The molecule has 1 spiro atoms. The van der Waals surface area contributed by atoms with Gasteiger partial charge in [0.15, 0.2) is 0 Å². The van der Waals surface area contributed by atoms with E-state index in [1.54, 1.807) is 0 Å². The predicted octanol–water partition coefficient (Wildman–Crippen LogP) is 6.06. The summed E-state index contributed by atoms with van der Waals surface area (Å²) in [5.74, 6) is 0.